The lowest BCUT2D eigenvalue weighted by Gasteiger charge is -2.73. The molecule has 5 fully saturated rings. The minimum Gasteiger partial charge on any atom is -0.0599 e. The molecule has 2 unspecified atom stereocenters. The topological polar surface area (TPSA) is 0 Å². The molecule has 5 saturated carbocycles. The SMILES string of the molecule is CC1(C)CC[C@]2(C)CC[C@]3(C)[C@H](CCC4[C@@]5(C)CCCC(C)(C)[C@@H]5CC[C@]43C)C2C1. The molecular weight excluding hydrogens is 360 g/mol. The maximum Gasteiger partial charge on any atom is -0.0235 e. The molecule has 0 N–H and O–H groups in total. The van der Waals surface area contributed by atoms with Gasteiger partial charge in [-0.05, 0) is 127 Å². The van der Waals surface area contributed by atoms with Crippen LogP contribution in [-0.2, 0) is 0 Å². The summed E-state index contributed by atoms with van der Waals surface area (Å²) in [7, 11) is 0. The fourth-order valence-electron chi connectivity index (χ4n) is 11.4. The summed E-state index contributed by atoms with van der Waals surface area (Å²) in [5, 5.41) is 0. The summed E-state index contributed by atoms with van der Waals surface area (Å²) in [4.78, 5) is 0. The lowest BCUT2D eigenvalue weighted by atomic mass is 9.31. The minimum absolute atomic E-state index is 0.560. The molecule has 5 rings (SSSR count). The number of fused-ring (bicyclic) bond motifs is 7. The van der Waals surface area contributed by atoms with Crippen LogP contribution < -0.4 is 0 Å². The Bertz CT molecular complexity index is 701. The van der Waals surface area contributed by atoms with Crippen molar-refractivity contribution < 1.29 is 0 Å². The van der Waals surface area contributed by atoms with Gasteiger partial charge in [0.1, 0.15) is 0 Å². The molecule has 5 aliphatic rings. The van der Waals surface area contributed by atoms with Crippen LogP contribution in [0.25, 0.3) is 0 Å². The van der Waals surface area contributed by atoms with E-state index >= 15 is 0 Å². The second kappa shape index (κ2) is 6.32. The van der Waals surface area contributed by atoms with E-state index in [4.69, 9.17) is 0 Å². The molecule has 0 bridgehead atoms. The molecule has 172 valence electrons. The van der Waals surface area contributed by atoms with Gasteiger partial charge in [0.25, 0.3) is 0 Å². The lowest BCUT2D eigenvalue weighted by Crippen LogP contribution is -2.65. The highest BCUT2D eigenvalue weighted by molar-refractivity contribution is 5.17. The molecule has 0 radical (unpaired) electrons. The molecule has 0 nitrogen and oxygen atoms in total. The predicted octanol–water partition coefficient (Wildman–Crippen LogP) is 9.28. The van der Waals surface area contributed by atoms with Gasteiger partial charge in [-0.25, -0.2) is 0 Å². The molecule has 0 saturated heterocycles. The summed E-state index contributed by atoms with van der Waals surface area (Å²) >= 11 is 0. The van der Waals surface area contributed by atoms with Gasteiger partial charge in [0.2, 0.25) is 0 Å². The van der Waals surface area contributed by atoms with Gasteiger partial charge in [0.15, 0.2) is 0 Å². The Hall–Kier alpha value is 0. The normalized spacial score (nSPS) is 56.8. The molecule has 5 aliphatic carbocycles. The van der Waals surface area contributed by atoms with Crippen molar-refractivity contribution in [1.29, 1.82) is 0 Å². The summed E-state index contributed by atoms with van der Waals surface area (Å²) in [6, 6.07) is 0. The molecule has 0 heterocycles. The van der Waals surface area contributed by atoms with E-state index in [9.17, 15) is 0 Å². The molecule has 0 spiro atoms. The zero-order valence-corrected chi connectivity index (χ0v) is 21.8. The van der Waals surface area contributed by atoms with Crippen LogP contribution in [0.4, 0.5) is 0 Å². The Kier molecular flexibility index (Phi) is 4.59. The summed E-state index contributed by atoms with van der Waals surface area (Å²) in [6.45, 7) is 21.4. The van der Waals surface area contributed by atoms with E-state index in [1.165, 1.54) is 77.0 Å². The maximum absolute atomic E-state index is 2.81. The van der Waals surface area contributed by atoms with Crippen LogP contribution in [0, 0.1) is 56.2 Å². The third-order valence-corrected chi connectivity index (χ3v) is 13.4. The van der Waals surface area contributed by atoms with Crippen molar-refractivity contribution in [3.63, 3.8) is 0 Å². The molecule has 0 aromatic heterocycles. The molecule has 30 heavy (non-hydrogen) atoms. The molecule has 0 heteroatoms. The Morgan fingerprint density at radius 2 is 1.23 bits per heavy atom. The first-order valence-corrected chi connectivity index (χ1v) is 13.8. The second-order valence-corrected chi connectivity index (χ2v) is 15.6. The quantitative estimate of drug-likeness (QED) is 0.372. The zero-order chi connectivity index (χ0) is 21.8. The fraction of sp³-hybridized carbons (Fsp3) is 1.00. The van der Waals surface area contributed by atoms with Gasteiger partial charge in [0.05, 0.1) is 0 Å². The Balaban J connectivity index is 1.53. The standard InChI is InChI=1S/C30H52/c1-25(2)16-17-27(5)18-19-29(7)21(22(27)20-25)10-11-24-28(6)14-9-13-26(3,4)23(28)12-15-30(24,29)8/h21-24H,9-20H2,1-8H3/t21-,22?,23+,24?,27-,28+,29-,30-/m1/s1. The first kappa shape index (κ1) is 21.8. The van der Waals surface area contributed by atoms with Crippen molar-refractivity contribution in [3.8, 4) is 0 Å². The third kappa shape index (κ3) is 2.70. The Labute approximate surface area is 188 Å². The van der Waals surface area contributed by atoms with E-state index in [1.807, 2.05) is 0 Å². The minimum atomic E-state index is 0.560. The van der Waals surface area contributed by atoms with Crippen molar-refractivity contribution in [2.75, 3.05) is 0 Å². The highest BCUT2D eigenvalue weighted by Crippen LogP contribution is 2.76. The van der Waals surface area contributed by atoms with Gasteiger partial charge in [-0.3, -0.25) is 0 Å². The van der Waals surface area contributed by atoms with E-state index in [0.29, 0.717) is 32.5 Å². The fourth-order valence-corrected chi connectivity index (χ4v) is 11.4. The van der Waals surface area contributed by atoms with Crippen LogP contribution in [0.3, 0.4) is 0 Å². The van der Waals surface area contributed by atoms with Crippen LogP contribution in [0.1, 0.15) is 132 Å². The smallest absolute Gasteiger partial charge is 0.0235 e. The highest BCUT2D eigenvalue weighted by atomic mass is 14.7. The van der Waals surface area contributed by atoms with Crippen LogP contribution in [0.2, 0.25) is 0 Å². The molecule has 0 aliphatic heterocycles. The van der Waals surface area contributed by atoms with E-state index < -0.39 is 0 Å². The average molecular weight is 413 g/mol. The van der Waals surface area contributed by atoms with E-state index in [1.54, 1.807) is 0 Å². The van der Waals surface area contributed by atoms with Gasteiger partial charge in [-0.15, -0.1) is 0 Å². The van der Waals surface area contributed by atoms with Crippen LogP contribution >= 0.6 is 0 Å². The predicted molar refractivity (Wildman–Crippen MR) is 129 cm³/mol. The Morgan fingerprint density at radius 1 is 0.533 bits per heavy atom. The van der Waals surface area contributed by atoms with Crippen molar-refractivity contribution in [2.45, 2.75) is 132 Å². The first-order chi connectivity index (χ1) is 13.8. The van der Waals surface area contributed by atoms with Crippen molar-refractivity contribution in [3.05, 3.63) is 0 Å². The maximum atomic E-state index is 2.81. The number of hydrogen-bond donors (Lipinski definition) is 0. The second-order valence-electron chi connectivity index (χ2n) is 15.6. The van der Waals surface area contributed by atoms with Gasteiger partial charge in [-0.2, -0.15) is 0 Å². The Morgan fingerprint density at radius 3 is 1.97 bits per heavy atom. The largest absolute Gasteiger partial charge is 0.0599 e. The summed E-state index contributed by atoms with van der Waals surface area (Å²) in [6.07, 6.45) is 18.0. The lowest BCUT2D eigenvalue weighted by molar-refractivity contribution is -0.243. The van der Waals surface area contributed by atoms with Crippen molar-refractivity contribution in [2.24, 2.45) is 56.2 Å². The molecule has 0 aromatic rings. The van der Waals surface area contributed by atoms with Gasteiger partial charge in [0, 0.05) is 0 Å². The monoisotopic (exact) mass is 412 g/mol. The van der Waals surface area contributed by atoms with Crippen LogP contribution in [-0.4, -0.2) is 0 Å². The molecule has 0 amide bonds. The molecule has 8 atom stereocenters. The summed E-state index contributed by atoms with van der Waals surface area (Å²) < 4.78 is 0. The number of hydrogen-bond acceptors (Lipinski definition) is 0. The third-order valence-electron chi connectivity index (χ3n) is 13.4. The highest BCUT2D eigenvalue weighted by Gasteiger charge is 2.68. The average Bonchev–Trinajstić information content (AvgIpc) is 2.63. The number of rotatable bonds is 0. The summed E-state index contributed by atoms with van der Waals surface area (Å²) in [5.41, 5.74) is 3.49. The zero-order valence-electron chi connectivity index (χ0n) is 21.8. The van der Waals surface area contributed by atoms with Gasteiger partial charge in [-0.1, -0.05) is 61.8 Å². The van der Waals surface area contributed by atoms with E-state index in [2.05, 4.69) is 55.4 Å². The van der Waals surface area contributed by atoms with Crippen LogP contribution in [0.15, 0.2) is 0 Å². The van der Waals surface area contributed by atoms with Crippen LogP contribution in [0.5, 0.6) is 0 Å². The van der Waals surface area contributed by atoms with E-state index in [0.717, 1.165) is 23.7 Å². The van der Waals surface area contributed by atoms with Crippen molar-refractivity contribution >= 4 is 0 Å². The molecule has 0 aromatic carbocycles. The van der Waals surface area contributed by atoms with Gasteiger partial charge >= 0.3 is 0 Å². The molecular formula is C30H52. The van der Waals surface area contributed by atoms with Crippen molar-refractivity contribution in [1.82, 2.24) is 0 Å². The van der Waals surface area contributed by atoms with Gasteiger partial charge < -0.3 is 0 Å². The van der Waals surface area contributed by atoms with E-state index in [-0.39, 0.29) is 0 Å². The first-order valence-electron chi connectivity index (χ1n) is 13.8. The summed E-state index contributed by atoms with van der Waals surface area (Å²) in [5.74, 6) is 3.88.